The number of benzene rings is 2. The van der Waals surface area contributed by atoms with Crippen LogP contribution in [0.4, 0.5) is 10.5 Å². The van der Waals surface area contributed by atoms with Crippen LogP contribution in [0.1, 0.15) is 24.4 Å². The van der Waals surface area contributed by atoms with Gasteiger partial charge in [-0.15, -0.1) is 0 Å². The molecule has 1 N–H and O–H groups in total. The molecule has 6 heteroatoms. The number of nitrogens with one attached hydrogen (secondary N) is 1. The molecule has 0 bridgehead atoms. The molecule has 0 saturated carbocycles. The van der Waals surface area contributed by atoms with Gasteiger partial charge in [0.15, 0.2) is 0 Å². The van der Waals surface area contributed by atoms with E-state index < -0.39 is 0 Å². The maximum Gasteiger partial charge on any atom is 0.322 e. The number of likely N-dealkylation sites (tertiary alicyclic amines) is 1. The largest absolute Gasteiger partial charge is 0.497 e. The first kappa shape index (κ1) is 17.4. The minimum atomic E-state index is -0.149. The molecule has 3 rings (SSSR count). The molecular formula is C19H21ClN2O3. The number of urea groups is 1. The third-order valence-electron chi connectivity index (χ3n) is 4.42. The van der Waals surface area contributed by atoms with E-state index in [0.717, 1.165) is 18.4 Å². The Balaban J connectivity index is 1.79. The highest BCUT2D eigenvalue weighted by Crippen LogP contribution is 2.34. The molecule has 25 heavy (non-hydrogen) atoms. The van der Waals surface area contributed by atoms with Crippen molar-refractivity contribution in [3.63, 3.8) is 0 Å². The van der Waals surface area contributed by atoms with Crippen LogP contribution in [0.5, 0.6) is 11.5 Å². The standard InChI is InChI=1S/C19H21ClN2O3/c1-24-15-9-10-18(25-2)16(12-15)21-19(23)22-11-3-4-17(22)13-5-7-14(20)8-6-13/h5-10,12,17H,3-4,11H2,1-2H3,(H,21,23). The number of amides is 2. The van der Waals surface area contributed by atoms with Crippen LogP contribution in [0.2, 0.25) is 5.02 Å². The molecule has 1 aliphatic heterocycles. The molecule has 2 aromatic carbocycles. The number of carbonyl (C=O) groups excluding carboxylic acids is 1. The summed E-state index contributed by atoms with van der Waals surface area (Å²) in [4.78, 5) is 14.7. The SMILES string of the molecule is COc1ccc(OC)c(NC(=O)N2CCCC2c2ccc(Cl)cc2)c1. The summed E-state index contributed by atoms with van der Waals surface area (Å²) in [6.45, 7) is 0.714. The van der Waals surface area contributed by atoms with Crippen molar-refractivity contribution in [2.45, 2.75) is 18.9 Å². The zero-order valence-electron chi connectivity index (χ0n) is 14.3. The molecule has 1 atom stereocenters. The Hall–Kier alpha value is -2.40. The Bertz CT molecular complexity index is 749. The van der Waals surface area contributed by atoms with Gasteiger partial charge in [0.1, 0.15) is 11.5 Å². The summed E-state index contributed by atoms with van der Waals surface area (Å²) >= 11 is 5.97. The Morgan fingerprint density at radius 3 is 2.60 bits per heavy atom. The fourth-order valence-electron chi connectivity index (χ4n) is 3.14. The highest BCUT2D eigenvalue weighted by molar-refractivity contribution is 6.30. The Morgan fingerprint density at radius 1 is 1.16 bits per heavy atom. The lowest BCUT2D eigenvalue weighted by Crippen LogP contribution is -2.34. The van der Waals surface area contributed by atoms with Crippen LogP contribution in [-0.4, -0.2) is 31.7 Å². The summed E-state index contributed by atoms with van der Waals surface area (Å²) in [5.41, 5.74) is 1.68. The number of ether oxygens (including phenoxy) is 2. The van der Waals surface area contributed by atoms with Crippen molar-refractivity contribution in [1.29, 1.82) is 0 Å². The van der Waals surface area contributed by atoms with Gasteiger partial charge in [-0.2, -0.15) is 0 Å². The van der Waals surface area contributed by atoms with E-state index in [1.165, 1.54) is 0 Å². The molecule has 5 nitrogen and oxygen atoms in total. The van der Waals surface area contributed by atoms with E-state index in [2.05, 4.69) is 5.32 Å². The lowest BCUT2D eigenvalue weighted by molar-refractivity contribution is 0.207. The number of methoxy groups -OCH3 is 2. The molecule has 2 amide bonds. The molecule has 2 aromatic rings. The summed E-state index contributed by atoms with van der Waals surface area (Å²) in [6.07, 6.45) is 1.90. The Labute approximate surface area is 152 Å². The number of hydrogen-bond donors (Lipinski definition) is 1. The monoisotopic (exact) mass is 360 g/mol. The van der Waals surface area contributed by atoms with Gasteiger partial charge in [-0.1, -0.05) is 23.7 Å². The normalized spacial score (nSPS) is 16.6. The Kier molecular flexibility index (Phi) is 5.34. The highest BCUT2D eigenvalue weighted by Gasteiger charge is 2.30. The van der Waals surface area contributed by atoms with Gasteiger partial charge in [-0.25, -0.2) is 4.79 Å². The smallest absolute Gasteiger partial charge is 0.322 e. The molecule has 1 fully saturated rings. The second kappa shape index (κ2) is 7.66. The fourth-order valence-corrected chi connectivity index (χ4v) is 3.27. The van der Waals surface area contributed by atoms with Crippen molar-refractivity contribution >= 4 is 23.3 Å². The predicted octanol–water partition coefficient (Wildman–Crippen LogP) is 4.73. The molecule has 1 heterocycles. The average molecular weight is 361 g/mol. The minimum Gasteiger partial charge on any atom is -0.497 e. The molecule has 1 aliphatic rings. The van der Waals surface area contributed by atoms with E-state index in [9.17, 15) is 4.79 Å². The number of halogens is 1. The van der Waals surface area contributed by atoms with Gasteiger partial charge in [0, 0.05) is 17.6 Å². The van der Waals surface area contributed by atoms with Crippen molar-refractivity contribution in [2.75, 3.05) is 26.1 Å². The van der Waals surface area contributed by atoms with E-state index >= 15 is 0 Å². The van der Waals surface area contributed by atoms with E-state index in [1.807, 2.05) is 29.2 Å². The third kappa shape index (κ3) is 3.82. The van der Waals surface area contributed by atoms with Crippen molar-refractivity contribution in [3.05, 3.63) is 53.1 Å². The maximum absolute atomic E-state index is 12.8. The van der Waals surface area contributed by atoms with E-state index in [4.69, 9.17) is 21.1 Å². The van der Waals surface area contributed by atoms with E-state index in [0.29, 0.717) is 28.8 Å². The molecular weight excluding hydrogens is 340 g/mol. The van der Waals surface area contributed by atoms with Gasteiger partial charge < -0.3 is 19.7 Å². The van der Waals surface area contributed by atoms with Crippen LogP contribution in [-0.2, 0) is 0 Å². The van der Waals surface area contributed by atoms with Crippen LogP contribution in [0.3, 0.4) is 0 Å². The number of carbonyl (C=O) groups is 1. The van der Waals surface area contributed by atoms with Crippen molar-refractivity contribution in [3.8, 4) is 11.5 Å². The van der Waals surface area contributed by atoms with Gasteiger partial charge in [0.05, 0.1) is 25.9 Å². The van der Waals surface area contributed by atoms with Gasteiger partial charge in [-0.3, -0.25) is 0 Å². The van der Waals surface area contributed by atoms with E-state index in [1.54, 1.807) is 32.4 Å². The fraction of sp³-hybridized carbons (Fsp3) is 0.316. The average Bonchev–Trinajstić information content (AvgIpc) is 3.12. The van der Waals surface area contributed by atoms with Gasteiger partial charge in [0.2, 0.25) is 0 Å². The lowest BCUT2D eigenvalue weighted by atomic mass is 10.1. The zero-order chi connectivity index (χ0) is 17.8. The molecule has 0 aliphatic carbocycles. The lowest BCUT2D eigenvalue weighted by Gasteiger charge is -2.26. The number of nitrogens with zero attached hydrogens (tertiary/aromatic N) is 1. The van der Waals surface area contributed by atoms with Crippen molar-refractivity contribution in [1.82, 2.24) is 4.90 Å². The van der Waals surface area contributed by atoms with Crippen LogP contribution < -0.4 is 14.8 Å². The molecule has 0 aromatic heterocycles. The summed E-state index contributed by atoms with van der Waals surface area (Å²) in [5.74, 6) is 1.25. The van der Waals surface area contributed by atoms with E-state index in [-0.39, 0.29) is 12.1 Å². The molecule has 0 radical (unpaired) electrons. The van der Waals surface area contributed by atoms with Gasteiger partial charge in [-0.05, 0) is 42.7 Å². The molecule has 1 unspecified atom stereocenters. The first-order chi connectivity index (χ1) is 12.1. The predicted molar refractivity (Wildman–Crippen MR) is 98.7 cm³/mol. The molecule has 1 saturated heterocycles. The molecule has 132 valence electrons. The minimum absolute atomic E-state index is 0.0499. The first-order valence-corrected chi connectivity index (χ1v) is 8.55. The van der Waals surface area contributed by atoms with Crippen molar-refractivity contribution in [2.24, 2.45) is 0 Å². The van der Waals surface area contributed by atoms with Gasteiger partial charge in [0.25, 0.3) is 0 Å². The molecule has 0 spiro atoms. The van der Waals surface area contributed by atoms with Crippen LogP contribution >= 0.6 is 11.6 Å². The highest BCUT2D eigenvalue weighted by atomic mass is 35.5. The topological polar surface area (TPSA) is 50.8 Å². The second-order valence-electron chi connectivity index (χ2n) is 5.90. The summed E-state index contributed by atoms with van der Waals surface area (Å²) in [6, 6.07) is 12.9. The van der Waals surface area contributed by atoms with Gasteiger partial charge >= 0.3 is 6.03 Å². The summed E-state index contributed by atoms with van der Waals surface area (Å²) < 4.78 is 10.6. The van der Waals surface area contributed by atoms with Crippen LogP contribution in [0, 0.1) is 0 Å². The van der Waals surface area contributed by atoms with Crippen molar-refractivity contribution < 1.29 is 14.3 Å². The maximum atomic E-state index is 12.8. The number of hydrogen-bond acceptors (Lipinski definition) is 3. The first-order valence-electron chi connectivity index (χ1n) is 8.17. The zero-order valence-corrected chi connectivity index (χ0v) is 15.0. The van der Waals surface area contributed by atoms with Crippen LogP contribution in [0.15, 0.2) is 42.5 Å². The quantitative estimate of drug-likeness (QED) is 0.857. The number of anilines is 1. The summed E-state index contributed by atoms with van der Waals surface area (Å²) in [5, 5.41) is 3.64. The second-order valence-corrected chi connectivity index (χ2v) is 6.34. The Morgan fingerprint density at radius 2 is 1.92 bits per heavy atom. The summed E-state index contributed by atoms with van der Waals surface area (Å²) in [7, 11) is 3.16. The third-order valence-corrected chi connectivity index (χ3v) is 4.67. The van der Waals surface area contributed by atoms with Crippen LogP contribution in [0.25, 0.3) is 0 Å². The number of rotatable bonds is 4.